The highest BCUT2D eigenvalue weighted by Gasteiger charge is 2.35. The summed E-state index contributed by atoms with van der Waals surface area (Å²) in [6.07, 6.45) is 4.71. The van der Waals surface area contributed by atoms with Crippen LogP contribution < -0.4 is 0 Å². The van der Waals surface area contributed by atoms with E-state index in [0.29, 0.717) is 6.54 Å². The van der Waals surface area contributed by atoms with Crippen LogP contribution >= 0.6 is 11.6 Å². The average Bonchev–Trinajstić information content (AvgIpc) is 3.18. The van der Waals surface area contributed by atoms with Gasteiger partial charge < -0.3 is 4.90 Å². The largest absolute Gasteiger partial charge is 0.332 e. The zero-order chi connectivity index (χ0) is 14.0. The van der Waals surface area contributed by atoms with Crippen molar-refractivity contribution < 1.29 is 9.72 Å². The average molecular weight is 282 g/mol. The van der Waals surface area contributed by atoms with Crippen LogP contribution in [-0.2, 0) is 0 Å². The molecule has 1 aliphatic carbocycles. The third-order valence-corrected chi connectivity index (χ3v) is 3.14. The molecule has 1 saturated carbocycles. The van der Waals surface area contributed by atoms with E-state index in [2.05, 4.69) is 11.6 Å². The van der Waals surface area contributed by atoms with Gasteiger partial charge in [-0.1, -0.05) is 17.7 Å². The minimum atomic E-state index is -0.679. The quantitative estimate of drug-likeness (QED) is 0.359. The van der Waals surface area contributed by atoms with Gasteiger partial charge in [-0.3, -0.25) is 14.9 Å². The van der Waals surface area contributed by atoms with E-state index in [9.17, 15) is 14.9 Å². The SMILES string of the molecule is C=CCN(C(=O)c1ccnc(Cl)c1[N+](=O)[O-])C1CC1. The number of nitro groups is 1. The number of pyridine rings is 1. The van der Waals surface area contributed by atoms with Gasteiger partial charge in [-0.2, -0.15) is 0 Å². The molecule has 1 heterocycles. The van der Waals surface area contributed by atoms with E-state index >= 15 is 0 Å². The Hall–Kier alpha value is -1.95. The van der Waals surface area contributed by atoms with Crippen molar-refractivity contribution in [2.75, 3.05) is 6.54 Å². The van der Waals surface area contributed by atoms with Gasteiger partial charge >= 0.3 is 5.69 Å². The Labute approximate surface area is 114 Å². The van der Waals surface area contributed by atoms with Crippen LogP contribution in [0.5, 0.6) is 0 Å². The molecule has 19 heavy (non-hydrogen) atoms. The number of rotatable bonds is 5. The lowest BCUT2D eigenvalue weighted by atomic mass is 10.2. The van der Waals surface area contributed by atoms with Gasteiger partial charge in [-0.15, -0.1) is 6.58 Å². The van der Waals surface area contributed by atoms with Crippen molar-refractivity contribution in [3.8, 4) is 0 Å². The molecule has 100 valence electrons. The Kier molecular flexibility index (Phi) is 3.80. The second-order valence-corrected chi connectivity index (χ2v) is 4.59. The fourth-order valence-electron chi connectivity index (χ4n) is 1.85. The predicted molar refractivity (Wildman–Crippen MR) is 70.2 cm³/mol. The normalized spacial score (nSPS) is 13.9. The van der Waals surface area contributed by atoms with Crippen molar-refractivity contribution >= 4 is 23.2 Å². The summed E-state index contributed by atoms with van der Waals surface area (Å²) in [7, 11) is 0. The van der Waals surface area contributed by atoms with Gasteiger partial charge in [0.05, 0.1) is 4.92 Å². The van der Waals surface area contributed by atoms with Crippen LogP contribution in [0.25, 0.3) is 0 Å². The smallest absolute Gasteiger partial charge is 0.319 e. The number of halogens is 1. The lowest BCUT2D eigenvalue weighted by Gasteiger charge is -2.20. The molecule has 0 unspecified atom stereocenters. The molecular weight excluding hydrogens is 270 g/mol. The Morgan fingerprint density at radius 1 is 1.68 bits per heavy atom. The molecular formula is C12H12ClN3O3. The molecule has 0 spiro atoms. The Morgan fingerprint density at radius 3 is 2.89 bits per heavy atom. The van der Waals surface area contributed by atoms with Crippen LogP contribution in [0.15, 0.2) is 24.9 Å². The zero-order valence-electron chi connectivity index (χ0n) is 10.1. The van der Waals surface area contributed by atoms with Crippen LogP contribution in [0.2, 0.25) is 5.15 Å². The lowest BCUT2D eigenvalue weighted by Crippen LogP contribution is -2.33. The van der Waals surface area contributed by atoms with Crippen molar-refractivity contribution in [2.24, 2.45) is 0 Å². The summed E-state index contributed by atoms with van der Waals surface area (Å²) in [5, 5.41) is 10.7. The second-order valence-electron chi connectivity index (χ2n) is 4.23. The first-order valence-electron chi connectivity index (χ1n) is 5.77. The fourth-order valence-corrected chi connectivity index (χ4v) is 2.08. The standard InChI is InChI=1S/C12H12ClN3O3/c1-2-7-15(8-3-4-8)12(17)9-5-6-14-11(13)10(9)16(18)19/h2,5-6,8H,1,3-4,7H2. The minimum absolute atomic E-state index is 0.0289. The maximum Gasteiger partial charge on any atom is 0.319 e. The summed E-state index contributed by atoms with van der Waals surface area (Å²) in [5.74, 6) is -0.404. The van der Waals surface area contributed by atoms with Crippen molar-refractivity contribution in [1.29, 1.82) is 0 Å². The van der Waals surface area contributed by atoms with E-state index in [1.54, 1.807) is 11.0 Å². The van der Waals surface area contributed by atoms with E-state index in [1.165, 1.54) is 12.3 Å². The van der Waals surface area contributed by atoms with E-state index in [-0.39, 0.29) is 16.8 Å². The molecule has 1 fully saturated rings. The molecule has 1 aromatic rings. The van der Waals surface area contributed by atoms with Gasteiger partial charge in [-0.05, 0) is 18.9 Å². The first-order chi connectivity index (χ1) is 9.06. The van der Waals surface area contributed by atoms with Crippen molar-refractivity contribution in [2.45, 2.75) is 18.9 Å². The number of hydrogen-bond acceptors (Lipinski definition) is 4. The number of hydrogen-bond donors (Lipinski definition) is 0. The highest BCUT2D eigenvalue weighted by Crippen LogP contribution is 2.32. The van der Waals surface area contributed by atoms with Crippen LogP contribution in [0.4, 0.5) is 5.69 Å². The monoisotopic (exact) mass is 281 g/mol. The van der Waals surface area contributed by atoms with Gasteiger partial charge in [0, 0.05) is 18.8 Å². The summed E-state index contributed by atoms with van der Waals surface area (Å²) in [6, 6.07) is 1.46. The minimum Gasteiger partial charge on any atom is -0.332 e. The molecule has 0 N–H and O–H groups in total. The van der Waals surface area contributed by atoms with Crippen molar-refractivity contribution in [1.82, 2.24) is 9.88 Å². The summed E-state index contributed by atoms with van der Waals surface area (Å²) < 4.78 is 0. The summed E-state index contributed by atoms with van der Waals surface area (Å²) in [5.41, 5.74) is -0.470. The Balaban J connectivity index is 2.39. The summed E-state index contributed by atoms with van der Waals surface area (Å²) in [6.45, 7) is 3.96. The second kappa shape index (κ2) is 5.36. The molecule has 2 rings (SSSR count). The molecule has 0 aromatic carbocycles. The Bertz CT molecular complexity index is 543. The molecule has 1 amide bonds. The molecule has 7 heteroatoms. The van der Waals surface area contributed by atoms with Gasteiger partial charge in [0.2, 0.25) is 5.15 Å². The zero-order valence-corrected chi connectivity index (χ0v) is 10.8. The number of carbonyl (C=O) groups is 1. The maximum atomic E-state index is 12.4. The first-order valence-corrected chi connectivity index (χ1v) is 6.14. The predicted octanol–water partition coefficient (Wildman–Crippen LogP) is 2.43. The maximum absolute atomic E-state index is 12.4. The highest BCUT2D eigenvalue weighted by molar-refractivity contribution is 6.32. The summed E-state index contributed by atoms with van der Waals surface area (Å²) in [4.78, 5) is 27.9. The lowest BCUT2D eigenvalue weighted by molar-refractivity contribution is -0.385. The molecule has 0 aliphatic heterocycles. The first kappa shape index (κ1) is 13.5. The van der Waals surface area contributed by atoms with Gasteiger partial charge in [0.25, 0.3) is 5.91 Å². The topological polar surface area (TPSA) is 76.3 Å². The third-order valence-electron chi connectivity index (χ3n) is 2.87. The Morgan fingerprint density at radius 2 is 2.37 bits per heavy atom. The highest BCUT2D eigenvalue weighted by atomic mass is 35.5. The molecule has 0 radical (unpaired) electrons. The van der Waals surface area contributed by atoms with Crippen molar-refractivity contribution in [3.05, 3.63) is 45.7 Å². The molecule has 6 nitrogen and oxygen atoms in total. The molecule has 0 atom stereocenters. The van der Waals surface area contributed by atoms with E-state index < -0.39 is 16.5 Å². The van der Waals surface area contributed by atoms with E-state index in [4.69, 9.17) is 11.6 Å². The van der Waals surface area contributed by atoms with Gasteiger partial charge in [-0.25, -0.2) is 4.98 Å². The van der Waals surface area contributed by atoms with Crippen LogP contribution in [0.3, 0.4) is 0 Å². The molecule has 1 aromatic heterocycles. The molecule has 0 saturated heterocycles. The number of nitrogens with zero attached hydrogens (tertiary/aromatic N) is 3. The number of amides is 1. The molecule has 1 aliphatic rings. The fraction of sp³-hybridized carbons (Fsp3) is 0.333. The third kappa shape index (κ3) is 2.73. The summed E-state index contributed by atoms with van der Waals surface area (Å²) >= 11 is 5.70. The number of carbonyl (C=O) groups excluding carboxylic acids is 1. The van der Waals surface area contributed by atoms with Crippen LogP contribution in [0.1, 0.15) is 23.2 Å². The van der Waals surface area contributed by atoms with Crippen molar-refractivity contribution in [3.63, 3.8) is 0 Å². The molecule has 0 bridgehead atoms. The van der Waals surface area contributed by atoms with Gasteiger partial charge in [0.1, 0.15) is 5.56 Å². The van der Waals surface area contributed by atoms with E-state index in [1.807, 2.05) is 0 Å². The number of aromatic nitrogens is 1. The van der Waals surface area contributed by atoms with Crippen LogP contribution in [-0.4, -0.2) is 33.3 Å². The van der Waals surface area contributed by atoms with Gasteiger partial charge in [0.15, 0.2) is 0 Å². The van der Waals surface area contributed by atoms with E-state index in [0.717, 1.165) is 12.8 Å². The van der Waals surface area contributed by atoms with Crippen LogP contribution in [0, 0.1) is 10.1 Å².